The van der Waals surface area contributed by atoms with E-state index in [9.17, 15) is 22.4 Å². The summed E-state index contributed by atoms with van der Waals surface area (Å²) in [5.74, 6) is -5.76. The molecule has 1 N–H and O–H groups in total. The van der Waals surface area contributed by atoms with Crippen LogP contribution in [0.4, 0.5) is 23.4 Å². The minimum Gasteiger partial charge on any atom is -0.309 e. The summed E-state index contributed by atoms with van der Waals surface area (Å²) in [6.07, 6.45) is 2.73. The molecule has 0 atom stereocenters. The summed E-state index contributed by atoms with van der Waals surface area (Å²) in [4.78, 5) is 12.4. The molecule has 4 nitrogen and oxygen atoms in total. The van der Waals surface area contributed by atoms with Gasteiger partial charge in [0.2, 0.25) is 17.8 Å². The van der Waals surface area contributed by atoms with Crippen LogP contribution in [0.2, 0.25) is 0 Å². The first-order valence-electron chi connectivity index (χ1n) is 9.78. The summed E-state index contributed by atoms with van der Waals surface area (Å²) in [6.45, 7) is 0. The number of anilines is 1. The molecule has 4 rings (SSSR count). The van der Waals surface area contributed by atoms with Gasteiger partial charge < -0.3 is 5.32 Å². The van der Waals surface area contributed by atoms with E-state index in [0.29, 0.717) is 18.7 Å². The molecular formula is C19H25F4N3O. The molecule has 3 saturated carbocycles. The highest BCUT2D eigenvalue weighted by molar-refractivity contribution is 5.93. The summed E-state index contributed by atoms with van der Waals surface area (Å²) in [5, 5.41) is 7.22. The van der Waals surface area contributed by atoms with Crippen molar-refractivity contribution in [2.24, 2.45) is 13.0 Å². The molecule has 3 aliphatic carbocycles. The molecule has 27 heavy (non-hydrogen) atoms. The van der Waals surface area contributed by atoms with E-state index in [4.69, 9.17) is 0 Å². The number of aromatic nitrogens is 2. The highest BCUT2D eigenvalue weighted by atomic mass is 19.3. The number of carbonyl (C=O) groups is 1. The van der Waals surface area contributed by atoms with Gasteiger partial charge in [-0.05, 0) is 31.6 Å². The van der Waals surface area contributed by atoms with Crippen molar-refractivity contribution in [2.45, 2.75) is 81.5 Å². The Hall–Kier alpha value is -1.60. The monoisotopic (exact) mass is 387 g/mol. The van der Waals surface area contributed by atoms with Gasteiger partial charge in [0.05, 0.1) is 0 Å². The number of hydrogen-bond donors (Lipinski definition) is 1. The molecule has 1 aromatic rings. The lowest BCUT2D eigenvalue weighted by Gasteiger charge is -2.34. The van der Waals surface area contributed by atoms with Crippen molar-refractivity contribution in [3.8, 4) is 0 Å². The fourth-order valence-electron chi connectivity index (χ4n) is 4.61. The maximum atomic E-state index is 13.6. The summed E-state index contributed by atoms with van der Waals surface area (Å²) in [6, 6.07) is 0. The van der Waals surface area contributed by atoms with E-state index < -0.39 is 36.5 Å². The molecule has 1 heterocycles. The summed E-state index contributed by atoms with van der Waals surface area (Å²) >= 11 is 0. The van der Waals surface area contributed by atoms with E-state index in [-0.39, 0.29) is 24.7 Å². The molecule has 0 aliphatic heterocycles. The Morgan fingerprint density at radius 3 is 2.19 bits per heavy atom. The van der Waals surface area contributed by atoms with Gasteiger partial charge in [0, 0.05) is 55.8 Å². The molecule has 3 fully saturated rings. The van der Waals surface area contributed by atoms with Gasteiger partial charge in [-0.25, -0.2) is 17.6 Å². The number of halogens is 4. The van der Waals surface area contributed by atoms with Crippen molar-refractivity contribution in [3.63, 3.8) is 0 Å². The van der Waals surface area contributed by atoms with Crippen molar-refractivity contribution in [3.05, 3.63) is 11.3 Å². The zero-order valence-electron chi connectivity index (χ0n) is 15.4. The summed E-state index contributed by atoms with van der Waals surface area (Å²) in [5.41, 5.74) is 1.88. The van der Waals surface area contributed by atoms with E-state index >= 15 is 0 Å². The van der Waals surface area contributed by atoms with Crippen LogP contribution in [0.3, 0.4) is 0 Å². The number of carbonyl (C=O) groups excluding carboxylic acids is 1. The molecular weight excluding hydrogens is 362 g/mol. The van der Waals surface area contributed by atoms with Gasteiger partial charge in [0.1, 0.15) is 0 Å². The lowest BCUT2D eigenvalue weighted by Crippen LogP contribution is -2.42. The van der Waals surface area contributed by atoms with E-state index in [1.165, 1.54) is 0 Å². The SMILES string of the molecule is Cn1nc(NC(=O)C2CC(F)(F)C2)c(C2CCC2)c1C1CCC(F)(F)CC1. The Labute approximate surface area is 155 Å². The number of nitrogens with zero attached hydrogens (tertiary/aromatic N) is 2. The molecule has 0 bridgehead atoms. The Bertz CT molecular complexity index is 724. The first-order valence-corrected chi connectivity index (χ1v) is 9.78. The van der Waals surface area contributed by atoms with Gasteiger partial charge in [-0.1, -0.05) is 6.42 Å². The third-order valence-electron chi connectivity index (χ3n) is 6.45. The largest absolute Gasteiger partial charge is 0.309 e. The highest BCUT2D eigenvalue weighted by Crippen LogP contribution is 2.48. The van der Waals surface area contributed by atoms with Crippen molar-refractivity contribution in [1.82, 2.24) is 9.78 Å². The third kappa shape index (κ3) is 3.59. The summed E-state index contributed by atoms with van der Waals surface area (Å²) < 4.78 is 55.0. The predicted molar refractivity (Wildman–Crippen MR) is 92.3 cm³/mol. The number of rotatable bonds is 4. The second-order valence-corrected chi connectivity index (χ2v) is 8.48. The smallest absolute Gasteiger partial charge is 0.249 e. The quantitative estimate of drug-likeness (QED) is 0.742. The molecule has 8 heteroatoms. The normalized spacial score (nSPS) is 25.7. The topological polar surface area (TPSA) is 46.9 Å². The predicted octanol–water partition coefficient (Wildman–Crippen LogP) is 4.96. The molecule has 1 aromatic heterocycles. The van der Waals surface area contributed by atoms with Gasteiger partial charge in [0.15, 0.2) is 5.82 Å². The van der Waals surface area contributed by atoms with Crippen LogP contribution in [0.1, 0.15) is 80.9 Å². The second-order valence-electron chi connectivity index (χ2n) is 8.48. The number of alkyl halides is 4. The molecule has 0 aromatic carbocycles. The molecule has 3 aliphatic rings. The zero-order chi connectivity index (χ0) is 19.4. The Balaban J connectivity index is 1.56. The van der Waals surface area contributed by atoms with Crippen LogP contribution in [-0.2, 0) is 11.8 Å². The molecule has 0 unspecified atom stereocenters. The highest BCUT2D eigenvalue weighted by Gasteiger charge is 2.49. The van der Waals surface area contributed by atoms with E-state index in [1.54, 1.807) is 11.7 Å². The Morgan fingerprint density at radius 2 is 1.67 bits per heavy atom. The van der Waals surface area contributed by atoms with Crippen LogP contribution in [0.5, 0.6) is 0 Å². The van der Waals surface area contributed by atoms with E-state index in [0.717, 1.165) is 30.5 Å². The van der Waals surface area contributed by atoms with Crippen LogP contribution < -0.4 is 5.32 Å². The summed E-state index contributed by atoms with van der Waals surface area (Å²) in [7, 11) is 1.78. The Morgan fingerprint density at radius 1 is 1.04 bits per heavy atom. The van der Waals surface area contributed by atoms with Gasteiger partial charge in [-0.15, -0.1) is 0 Å². The number of nitrogens with one attached hydrogen (secondary N) is 1. The number of aryl methyl sites for hydroxylation is 1. The van der Waals surface area contributed by atoms with E-state index in [2.05, 4.69) is 10.4 Å². The first kappa shape index (κ1) is 18.7. The number of amides is 1. The molecule has 0 radical (unpaired) electrons. The molecule has 0 saturated heterocycles. The zero-order valence-corrected chi connectivity index (χ0v) is 15.4. The minimum atomic E-state index is -2.75. The standard InChI is InChI=1S/C19H25F4N3O/c1-26-15(12-5-7-18(20,21)8-6-12)14(11-3-2-4-11)16(25-26)24-17(27)13-9-19(22,23)10-13/h11-13H,2-10H2,1H3,(H,24,25,27). The van der Waals surface area contributed by atoms with Crippen LogP contribution in [-0.4, -0.2) is 27.5 Å². The minimum absolute atomic E-state index is 0.00332. The molecule has 150 valence electrons. The lowest BCUT2D eigenvalue weighted by molar-refractivity contribution is -0.145. The van der Waals surface area contributed by atoms with Crippen LogP contribution in [0.15, 0.2) is 0 Å². The van der Waals surface area contributed by atoms with Crippen molar-refractivity contribution >= 4 is 11.7 Å². The average molecular weight is 387 g/mol. The second kappa shape index (κ2) is 6.48. The molecule has 1 amide bonds. The maximum Gasteiger partial charge on any atom is 0.249 e. The fourth-order valence-corrected chi connectivity index (χ4v) is 4.61. The molecule has 0 spiro atoms. The van der Waals surface area contributed by atoms with Crippen LogP contribution in [0, 0.1) is 5.92 Å². The van der Waals surface area contributed by atoms with Gasteiger partial charge in [-0.3, -0.25) is 9.48 Å². The van der Waals surface area contributed by atoms with Crippen molar-refractivity contribution in [2.75, 3.05) is 5.32 Å². The van der Waals surface area contributed by atoms with Gasteiger partial charge >= 0.3 is 0 Å². The van der Waals surface area contributed by atoms with Gasteiger partial charge in [-0.2, -0.15) is 5.10 Å². The first-order chi connectivity index (χ1) is 12.7. The number of hydrogen-bond acceptors (Lipinski definition) is 2. The maximum absolute atomic E-state index is 13.6. The van der Waals surface area contributed by atoms with Crippen LogP contribution >= 0.6 is 0 Å². The van der Waals surface area contributed by atoms with Crippen LogP contribution in [0.25, 0.3) is 0 Å². The Kier molecular flexibility index (Phi) is 4.50. The average Bonchev–Trinajstić information content (AvgIpc) is 2.80. The van der Waals surface area contributed by atoms with Crippen molar-refractivity contribution in [1.29, 1.82) is 0 Å². The van der Waals surface area contributed by atoms with Gasteiger partial charge in [0.25, 0.3) is 0 Å². The van der Waals surface area contributed by atoms with Crippen molar-refractivity contribution < 1.29 is 22.4 Å². The lowest BCUT2D eigenvalue weighted by atomic mass is 9.75. The fraction of sp³-hybridized carbons (Fsp3) is 0.789. The van der Waals surface area contributed by atoms with E-state index in [1.807, 2.05) is 0 Å². The third-order valence-corrected chi connectivity index (χ3v) is 6.45.